The third-order valence-corrected chi connectivity index (χ3v) is 5.80. The van der Waals surface area contributed by atoms with Crippen molar-refractivity contribution in [1.29, 1.82) is 0 Å². The van der Waals surface area contributed by atoms with Crippen LogP contribution in [-0.2, 0) is 10.2 Å². The number of rotatable bonds is 3. The average Bonchev–Trinajstić information content (AvgIpc) is 3.29. The molecule has 0 amide bonds. The predicted molar refractivity (Wildman–Crippen MR) is 81.5 cm³/mol. The average molecular weight is 305 g/mol. The van der Waals surface area contributed by atoms with Gasteiger partial charge in [-0.1, -0.05) is 6.07 Å². The van der Waals surface area contributed by atoms with Crippen molar-refractivity contribution in [1.82, 2.24) is 4.90 Å². The molecule has 5 atom stereocenters. The van der Waals surface area contributed by atoms with E-state index in [-0.39, 0.29) is 23.7 Å². The Balaban J connectivity index is 1.79. The van der Waals surface area contributed by atoms with Crippen molar-refractivity contribution >= 4 is 0 Å². The summed E-state index contributed by atoms with van der Waals surface area (Å²) < 4.78 is 16.7. The van der Waals surface area contributed by atoms with Gasteiger partial charge in [0.05, 0.1) is 26.4 Å². The van der Waals surface area contributed by atoms with Gasteiger partial charge in [-0.2, -0.15) is 0 Å². The fourth-order valence-corrected chi connectivity index (χ4v) is 4.62. The number of aliphatic hydroxyl groups is 1. The van der Waals surface area contributed by atoms with Crippen LogP contribution in [0.5, 0.6) is 11.5 Å². The third kappa shape index (κ3) is 1.76. The summed E-state index contributed by atoms with van der Waals surface area (Å²) in [6, 6.07) is 6.50. The Morgan fingerprint density at radius 3 is 2.77 bits per heavy atom. The van der Waals surface area contributed by atoms with Crippen LogP contribution in [0.3, 0.4) is 0 Å². The molecule has 2 aliphatic heterocycles. The first kappa shape index (κ1) is 14.3. The minimum absolute atomic E-state index is 0.00385. The lowest BCUT2D eigenvalue weighted by Crippen LogP contribution is -2.52. The van der Waals surface area contributed by atoms with E-state index in [1.807, 2.05) is 6.07 Å². The number of methoxy groups -OCH3 is 2. The molecule has 5 nitrogen and oxygen atoms in total. The lowest BCUT2D eigenvalue weighted by atomic mass is 9.65. The molecule has 2 saturated heterocycles. The molecule has 5 heteroatoms. The van der Waals surface area contributed by atoms with Gasteiger partial charge in [-0.3, -0.25) is 0 Å². The number of hydrogen-bond donors (Lipinski definition) is 1. The molecule has 3 aliphatic rings. The first-order valence-electron chi connectivity index (χ1n) is 7.88. The Morgan fingerprint density at radius 2 is 2.05 bits per heavy atom. The number of fused-ring (bicyclic) bond motifs is 3. The summed E-state index contributed by atoms with van der Waals surface area (Å²) >= 11 is 0. The van der Waals surface area contributed by atoms with Gasteiger partial charge in [0, 0.05) is 11.5 Å². The fourth-order valence-electron chi connectivity index (χ4n) is 4.62. The van der Waals surface area contributed by atoms with Crippen LogP contribution in [0.15, 0.2) is 18.2 Å². The van der Waals surface area contributed by atoms with E-state index in [1.54, 1.807) is 14.2 Å². The van der Waals surface area contributed by atoms with Gasteiger partial charge in [0.2, 0.25) is 0 Å². The summed E-state index contributed by atoms with van der Waals surface area (Å²) in [4.78, 5) is 2.36. The predicted octanol–water partition coefficient (Wildman–Crippen LogP) is 1.18. The highest BCUT2D eigenvalue weighted by Crippen LogP contribution is 2.57. The Bertz CT molecular complexity index is 592. The van der Waals surface area contributed by atoms with Crippen LogP contribution in [0, 0.1) is 0 Å². The molecule has 0 aromatic heterocycles. The second-order valence-electron chi connectivity index (χ2n) is 6.68. The third-order valence-electron chi connectivity index (χ3n) is 5.80. The van der Waals surface area contributed by atoms with E-state index in [1.165, 1.54) is 5.56 Å². The van der Waals surface area contributed by atoms with E-state index in [2.05, 4.69) is 24.1 Å². The Hall–Kier alpha value is -1.30. The molecule has 4 rings (SSSR count). The van der Waals surface area contributed by atoms with Gasteiger partial charge in [0.1, 0.15) is 6.10 Å². The van der Waals surface area contributed by atoms with Crippen molar-refractivity contribution in [3.05, 3.63) is 23.8 Å². The second kappa shape index (κ2) is 4.85. The summed E-state index contributed by atoms with van der Waals surface area (Å²) in [7, 11) is 5.46. The zero-order valence-electron chi connectivity index (χ0n) is 13.3. The van der Waals surface area contributed by atoms with E-state index >= 15 is 0 Å². The fraction of sp³-hybridized carbons (Fsp3) is 0.647. The summed E-state index contributed by atoms with van der Waals surface area (Å²) in [6.07, 6.45) is 1.59. The van der Waals surface area contributed by atoms with Gasteiger partial charge >= 0.3 is 0 Å². The smallest absolute Gasteiger partial charge is 0.161 e. The van der Waals surface area contributed by atoms with Crippen molar-refractivity contribution in [2.24, 2.45) is 0 Å². The van der Waals surface area contributed by atoms with Crippen LogP contribution in [0.2, 0.25) is 0 Å². The lowest BCUT2D eigenvalue weighted by Gasteiger charge is -2.41. The van der Waals surface area contributed by atoms with E-state index in [4.69, 9.17) is 14.2 Å². The molecule has 3 fully saturated rings. The second-order valence-corrected chi connectivity index (χ2v) is 6.68. The summed E-state index contributed by atoms with van der Waals surface area (Å²) in [5, 5.41) is 10.2. The minimum atomic E-state index is -0.344. The Kier molecular flexibility index (Phi) is 3.15. The molecule has 22 heavy (non-hydrogen) atoms. The first-order valence-corrected chi connectivity index (χ1v) is 7.88. The van der Waals surface area contributed by atoms with Crippen LogP contribution < -0.4 is 9.47 Å². The van der Waals surface area contributed by atoms with E-state index in [0.29, 0.717) is 6.04 Å². The van der Waals surface area contributed by atoms with Crippen molar-refractivity contribution in [2.45, 2.75) is 42.6 Å². The van der Waals surface area contributed by atoms with Crippen LogP contribution in [0.4, 0.5) is 0 Å². The SMILES string of the molecule is COc1ccc([C@]23CCN(C)[C@H]2C[C@@H](O)[C@@H]2O[C@@H]23)cc1OC. The van der Waals surface area contributed by atoms with Gasteiger partial charge in [0.15, 0.2) is 11.5 Å². The zero-order valence-corrected chi connectivity index (χ0v) is 13.3. The molecule has 1 N–H and O–H groups in total. The molecular formula is C17H23NO4. The number of likely N-dealkylation sites (N-methyl/N-ethyl adjacent to an activating group) is 1. The number of epoxide rings is 1. The minimum Gasteiger partial charge on any atom is -0.493 e. The van der Waals surface area contributed by atoms with Crippen LogP contribution >= 0.6 is 0 Å². The largest absolute Gasteiger partial charge is 0.493 e. The highest BCUT2D eigenvalue weighted by molar-refractivity contribution is 5.48. The molecule has 0 spiro atoms. The van der Waals surface area contributed by atoms with Gasteiger partial charge < -0.3 is 24.2 Å². The van der Waals surface area contributed by atoms with E-state index in [0.717, 1.165) is 30.9 Å². The number of aliphatic hydroxyl groups excluding tert-OH is 1. The molecule has 0 unspecified atom stereocenters. The normalized spacial score (nSPS) is 40.0. The molecule has 1 aliphatic carbocycles. The standard InChI is InChI=1S/C17H23NO4/c1-18-7-6-17(14(18)9-11(19)15-16(17)22-15)10-4-5-12(20-2)13(8-10)21-3/h4-5,8,11,14-16,19H,6-7,9H2,1-3H3/t11-,14+,15+,16+,17-/m1/s1. The first-order chi connectivity index (χ1) is 10.6. The van der Waals surface area contributed by atoms with Crippen LogP contribution in [0.25, 0.3) is 0 Å². The number of benzene rings is 1. The van der Waals surface area contributed by atoms with Gasteiger partial charge in [-0.25, -0.2) is 0 Å². The quantitative estimate of drug-likeness (QED) is 0.850. The number of nitrogens with zero attached hydrogens (tertiary/aromatic N) is 1. The van der Waals surface area contributed by atoms with Crippen molar-refractivity contribution in [3.8, 4) is 11.5 Å². The van der Waals surface area contributed by atoms with Crippen molar-refractivity contribution in [2.75, 3.05) is 27.8 Å². The monoisotopic (exact) mass is 305 g/mol. The van der Waals surface area contributed by atoms with Crippen LogP contribution in [-0.4, -0.2) is 62.2 Å². The highest BCUT2D eigenvalue weighted by Gasteiger charge is 2.67. The van der Waals surface area contributed by atoms with Gasteiger partial charge in [-0.05, 0) is 44.1 Å². The Labute approximate surface area is 130 Å². The molecule has 1 aromatic rings. The molecule has 120 valence electrons. The van der Waals surface area contributed by atoms with E-state index < -0.39 is 0 Å². The molecule has 1 saturated carbocycles. The molecule has 0 radical (unpaired) electrons. The maximum Gasteiger partial charge on any atom is 0.161 e. The lowest BCUT2D eigenvalue weighted by molar-refractivity contribution is 0.0768. The molecule has 1 aromatic carbocycles. The zero-order chi connectivity index (χ0) is 15.5. The number of likely N-dealkylation sites (tertiary alicyclic amines) is 1. The highest BCUT2D eigenvalue weighted by atomic mass is 16.6. The molecule has 2 heterocycles. The van der Waals surface area contributed by atoms with E-state index in [9.17, 15) is 5.11 Å². The van der Waals surface area contributed by atoms with Gasteiger partial charge in [-0.15, -0.1) is 0 Å². The summed E-state index contributed by atoms with van der Waals surface area (Å²) in [6.45, 7) is 1.03. The topological polar surface area (TPSA) is 54.5 Å². The summed E-state index contributed by atoms with van der Waals surface area (Å²) in [5.74, 6) is 1.50. The summed E-state index contributed by atoms with van der Waals surface area (Å²) in [5.41, 5.74) is 1.19. The van der Waals surface area contributed by atoms with Crippen molar-refractivity contribution in [3.63, 3.8) is 0 Å². The number of ether oxygens (including phenoxy) is 3. The van der Waals surface area contributed by atoms with Crippen LogP contribution in [0.1, 0.15) is 18.4 Å². The molecule has 0 bridgehead atoms. The molecular weight excluding hydrogens is 282 g/mol. The maximum atomic E-state index is 10.2. The van der Waals surface area contributed by atoms with Gasteiger partial charge in [0.25, 0.3) is 0 Å². The van der Waals surface area contributed by atoms with Crippen molar-refractivity contribution < 1.29 is 19.3 Å². The maximum absolute atomic E-state index is 10.2. The Morgan fingerprint density at radius 1 is 1.27 bits per heavy atom. The number of hydrogen-bond acceptors (Lipinski definition) is 5.